The number of ether oxygens (including phenoxy) is 1. The number of carbonyl (C=O) groups is 2. The molecular formula is C31H38ClN3O5S. The van der Waals surface area contributed by atoms with E-state index in [0.717, 1.165) is 21.9 Å². The third-order valence-corrected chi connectivity index (χ3v) is 8.91. The van der Waals surface area contributed by atoms with E-state index in [1.165, 1.54) is 29.2 Å². The van der Waals surface area contributed by atoms with Crippen molar-refractivity contribution in [3.05, 3.63) is 88.9 Å². The summed E-state index contributed by atoms with van der Waals surface area (Å²) in [6.07, 6.45) is 0.728. The Kier molecular flexibility index (Phi) is 11.2. The van der Waals surface area contributed by atoms with Crippen LogP contribution in [0.25, 0.3) is 0 Å². The molecule has 0 saturated carbocycles. The van der Waals surface area contributed by atoms with Crippen molar-refractivity contribution in [2.45, 2.75) is 64.6 Å². The van der Waals surface area contributed by atoms with Gasteiger partial charge in [-0.25, -0.2) is 8.42 Å². The summed E-state index contributed by atoms with van der Waals surface area (Å²) in [6, 6.07) is 19.0. The van der Waals surface area contributed by atoms with Gasteiger partial charge < -0.3 is 15.0 Å². The monoisotopic (exact) mass is 599 g/mol. The molecule has 0 heterocycles. The lowest BCUT2D eigenvalue weighted by molar-refractivity contribution is -0.139. The summed E-state index contributed by atoms with van der Waals surface area (Å²) in [5.41, 5.74) is 2.02. The van der Waals surface area contributed by atoms with Crippen LogP contribution in [0.3, 0.4) is 0 Å². The number of aryl methyl sites for hydroxylation is 1. The van der Waals surface area contributed by atoms with Gasteiger partial charge >= 0.3 is 0 Å². The minimum atomic E-state index is -4.24. The smallest absolute Gasteiger partial charge is 0.264 e. The predicted octanol–water partition coefficient (Wildman–Crippen LogP) is 5.57. The van der Waals surface area contributed by atoms with Gasteiger partial charge in [-0.3, -0.25) is 13.9 Å². The van der Waals surface area contributed by atoms with Gasteiger partial charge in [0.2, 0.25) is 11.8 Å². The first kappa shape index (κ1) is 32.0. The van der Waals surface area contributed by atoms with E-state index in [1.807, 2.05) is 45.0 Å². The normalized spacial score (nSPS) is 12.7. The quantitative estimate of drug-likeness (QED) is 0.277. The molecule has 0 aliphatic heterocycles. The summed E-state index contributed by atoms with van der Waals surface area (Å²) >= 11 is 6.02. The van der Waals surface area contributed by atoms with Crippen LogP contribution in [0.5, 0.6) is 5.75 Å². The summed E-state index contributed by atoms with van der Waals surface area (Å²) in [6.45, 7) is 9.10. The second-order valence-corrected chi connectivity index (χ2v) is 12.1. The van der Waals surface area contributed by atoms with Gasteiger partial charge in [-0.1, -0.05) is 54.9 Å². The standard InChI is InChI=1S/C31H38ClN3O5S/c1-6-23(4)33-31(37)24(5)34(20-25-13-9-8-12-22(25)3)30(36)21-35(28-14-10-11-15-29(28)40-7-2)41(38,39)27-18-16-26(32)17-19-27/h8-19,23-24H,6-7,20-21H2,1-5H3,(H,33,37). The predicted molar refractivity (Wildman–Crippen MR) is 163 cm³/mol. The van der Waals surface area contributed by atoms with E-state index in [2.05, 4.69) is 5.32 Å². The average Bonchev–Trinajstić information content (AvgIpc) is 2.95. The Morgan fingerprint density at radius 3 is 2.22 bits per heavy atom. The highest BCUT2D eigenvalue weighted by Crippen LogP contribution is 2.33. The topological polar surface area (TPSA) is 96.0 Å². The summed E-state index contributed by atoms with van der Waals surface area (Å²) in [5.74, 6) is -0.541. The molecule has 0 radical (unpaired) electrons. The Hall–Kier alpha value is -3.56. The Balaban J connectivity index is 2.09. The Morgan fingerprint density at radius 1 is 0.951 bits per heavy atom. The van der Waals surface area contributed by atoms with Crippen molar-refractivity contribution in [2.24, 2.45) is 0 Å². The van der Waals surface area contributed by atoms with Gasteiger partial charge in [-0.2, -0.15) is 0 Å². The second-order valence-electron chi connectivity index (χ2n) is 9.81. The molecule has 41 heavy (non-hydrogen) atoms. The third kappa shape index (κ3) is 8.01. The number of nitrogens with one attached hydrogen (secondary N) is 1. The Morgan fingerprint density at radius 2 is 1.59 bits per heavy atom. The van der Waals surface area contributed by atoms with Gasteiger partial charge in [0.1, 0.15) is 18.3 Å². The van der Waals surface area contributed by atoms with E-state index in [1.54, 1.807) is 38.1 Å². The van der Waals surface area contributed by atoms with Crippen LogP contribution in [0.15, 0.2) is 77.7 Å². The molecule has 8 nitrogen and oxygen atoms in total. The summed E-state index contributed by atoms with van der Waals surface area (Å²) in [7, 11) is -4.24. The van der Waals surface area contributed by atoms with Gasteiger partial charge in [0.15, 0.2) is 0 Å². The molecule has 2 amide bonds. The molecule has 2 unspecified atom stereocenters. The van der Waals surface area contributed by atoms with E-state index in [0.29, 0.717) is 17.4 Å². The molecular weight excluding hydrogens is 562 g/mol. The first-order chi connectivity index (χ1) is 19.5. The number of halogens is 1. The maximum Gasteiger partial charge on any atom is 0.264 e. The van der Waals surface area contributed by atoms with Crippen molar-refractivity contribution in [2.75, 3.05) is 17.5 Å². The Labute approximate surface area is 248 Å². The molecule has 10 heteroatoms. The average molecular weight is 600 g/mol. The van der Waals surface area contributed by atoms with Crippen molar-refractivity contribution in [1.29, 1.82) is 0 Å². The SMILES string of the molecule is CCOc1ccccc1N(CC(=O)N(Cc1ccccc1C)C(C)C(=O)NC(C)CC)S(=O)(=O)c1ccc(Cl)cc1. The number of nitrogens with zero attached hydrogens (tertiary/aromatic N) is 2. The van der Waals surface area contributed by atoms with Crippen LogP contribution in [0.2, 0.25) is 5.02 Å². The molecule has 0 aromatic heterocycles. The minimum Gasteiger partial charge on any atom is -0.492 e. The lowest BCUT2D eigenvalue weighted by atomic mass is 10.1. The summed E-state index contributed by atoms with van der Waals surface area (Å²) in [5, 5.41) is 3.32. The van der Waals surface area contributed by atoms with Gasteiger partial charge in [0, 0.05) is 17.6 Å². The highest BCUT2D eigenvalue weighted by atomic mass is 35.5. The van der Waals surface area contributed by atoms with Crippen LogP contribution in [-0.4, -0.2) is 50.4 Å². The molecule has 0 aliphatic carbocycles. The van der Waals surface area contributed by atoms with Crippen molar-refractivity contribution in [3.8, 4) is 5.75 Å². The lowest BCUT2D eigenvalue weighted by Crippen LogP contribution is -2.52. The number of benzene rings is 3. The highest BCUT2D eigenvalue weighted by molar-refractivity contribution is 7.92. The fraction of sp³-hybridized carbons (Fsp3) is 0.355. The molecule has 0 fully saturated rings. The molecule has 0 aliphatic rings. The van der Waals surface area contributed by atoms with Crippen LogP contribution in [-0.2, 0) is 26.2 Å². The maximum absolute atomic E-state index is 14.1. The number of carbonyl (C=O) groups excluding carboxylic acids is 2. The molecule has 1 N–H and O–H groups in total. The first-order valence-corrected chi connectivity index (χ1v) is 15.5. The number of anilines is 1. The zero-order chi connectivity index (χ0) is 30.2. The van der Waals surface area contributed by atoms with Crippen LogP contribution in [0.1, 0.15) is 45.2 Å². The fourth-order valence-electron chi connectivity index (χ4n) is 4.21. The van der Waals surface area contributed by atoms with E-state index in [-0.39, 0.29) is 29.1 Å². The van der Waals surface area contributed by atoms with Gasteiger partial charge in [-0.05, 0) is 81.6 Å². The number of amides is 2. The summed E-state index contributed by atoms with van der Waals surface area (Å²) in [4.78, 5) is 28.7. The molecule has 3 aromatic carbocycles. The fourth-order valence-corrected chi connectivity index (χ4v) is 5.76. The van der Waals surface area contributed by atoms with Crippen LogP contribution in [0.4, 0.5) is 5.69 Å². The van der Waals surface area contributed by atoms with E-state index >= 15 is 0 Å². The van der Waals surface area contributed by atoms with Crippen molar-refractivity contribution in [3.63, 3.8) is 0 Å². The van der Waals surface area contributed by atoms with E-state index in [4.69, 9.17) is 16.3 Å². The molecule has 0 spiro atoms. The number of para-hydroxylation sites is 2. The zero-order valence-corrected chi connectivity index (χ0v) is 25.7. The van der Waals surface area contributed by atoms with Crippen LogP contribution in [0, 0.1) is 6.92 Å². The highest BCUT2D eigenvalue weighted by Gasteiger charge is 2.34. The summed E-state index contributed by atoms with van der Waals surface area (Å²) < 4.78 is 34.9. The number of hydrogen-bond acceptors (Lipinski definition) is 5. The van der Waals surface area contributed by atoms with Gasteiger partial charge in [0.05, 0.1) is 17.2 Å². The molecule has 0 saturated heterocycles. The van der Waals surface area contributed by atoms with Crippen molar-refractivity contribution >= 4 is 39.1 Å². The molecule has 2 atom stereocenters. The third-order valence-electron chi connectivity index (χ3n) is 6.88. The largest absolute Gasteiger partial charge is 0.492 e. The van der Waals surface area contributed by atoms with Crippen molar-refractivity contribution < 1.29 is 22.7 Å². The van der Waals surface area contributed by atoms with Gasteiger partial charge in [0.25, 0.3) is 10.0 Å². The van der Waals surface area contributed by atoms with Crippen LogP contribution < -0.4 is 14.4 Å². The van der Waals surface area contributed by atoms with Crippen molar-refractivity contribution in [1.82, 2.24) is 10.2 Å². The van der Waals surface area contributed by atoms with Gasteiger partial charge in [-0.15, -0.1) is 0 Å². The number of hydrogen-bond donors (Lipinski definition) is 1. The second kappa shape index (κ2) is 14.4. The van der Waals surface area contributed by atoms with Crippen LogP contribution >= 0.6 is 11.6 Å². The minimum absolute atomic E-state index is 0.0333. The van der Waals surface area contributed by atoms with E-state index in [9.17, 15) is 18.0 Å². The molecule has 3 aromatic rings. The Bertz CT molecular complexity index is 1450. The zero-order valence-electron chi connectivity index (χ0n) is 24.1. The number of sulfonamides is 1. The molecule has 3 rings (SSSR count). The molecule has 0 bridgehead atoms. The molecule has 220 valence electrons. The van der Waals surface area contributed by atoms with E-state index < -0.39 is 28.5 Å². The number of rotatable bonds is 13. The first-order valence-electron chi connectivity index (χ1n) is 13.6. The lowest BCUT2D eigenvalue weighted by Gasteiger charge is -2.33. The maximum atomic E-state index is 14.1.